The minimum absolute atomic E-state index is 0.0401. The summed E-state index contributed by atoms with van der Waals surface area (Å²) in [7, 11) is 0. The van der Waals surface area contributed by atoms with Gasteiger partial charge in [0.15, 0.2) is 0 Å². The summed E-state index contributed by atoms with van der Waals surface area (Å²) in [4.78, 5) is 11.6. The second kappa shape index (κ2) is 5.82. The summed E-state index contributed by atoms with van der Waals surface area (Å²) in [6, 6.07) is 10.1. The third kappa shape index (κ3) is 3.86. The predicted octanol–water partition coefficient (Wildman–Crippen LogP) is 2.40. The Kier molecular flexibility index (Phi) is 4.15. The molecule has 92 valence electrons. The van der Waals surface area contributed by atoms with E-state index in [1.54, 1.807) is 0 Å². The highest BCUT2D eigenvalue weighted by molar-refractivity contribution is 5.92. The summed E-state index contributed by atoms with van der Waals surface area (Å²) in [5.74, 6) is 0.836. The molecule has 0 radical (unpaired) electrons. The van der Waals surface area contributed by atoms with Crippen LogP contribution < -0.4 is 10.6 Å². The molecular weight excluding hydrogens is 212 g/mol. The maximum absolute atomic E-state index is 11.6. The third-order valence-electron chi connectivity index (χ3n) is 3.16. The molecule has 1 fully saturated rings. The summed E-state index contributed by atoms with van der Waals surface area (Å²) < 4.78 is 0. The monoisotopic (exact) mass is 232 g/mol. The Labute approximate surface area is 103 Å². The number of anilines is 1. The minimum Gasteiger partial charge on any atom is -0.325 e. The topological polar surface area (TPSA) is 41.1 Å². The van der Waals surface area contributed by atoms with Crippen LogP contribution in [0.1, 0.15) is 26.2 Å². The van der Waals surface area contributed by atoms with Crippen molar-refractivity contribution < 1.29 is 4.79 Å². The van der Waals surface area contributed by atoms with Crippen LogP contribution in [-0.4, -0.2) is 18.5 Å². The first-order valence-corrected chi connectivity index (χ1v) is 6.38. The van der Waals surface area contributed by atoms with Gasteiger partial charge >= 0.3 is 0 Å². The first kappa shape index (κ1) is 12.1. The number of carbonyl (C=O) groups is 1. The first-order valence-electron chi connectivity index (χ1n) is 6.38. The molecule has 1 amide bonds. The normalized spacial score (nSPS) is 22.2. The molecule has 2 unspecified atom stereocenters. The van der Waals surface area contributed by atoms with E-state index < -0.39 is 0 Å². The number of benzene rings is 1. The summed E-state index contributed by atoms with van der Waals surface area (Å²) in [5.41, 5.74) is 0.861. The van der Waals surface area contributed by atoms with Gasteiger partial charge in [-0.1, -0.05) is 31.5 Å². The van der Waals surface area contributed by atoms with Crippen LogP contribution in [0.5, 0.6) is 0 Å². The zero-order valence-corrected chi connectivity index (χ0v) is 10.3. The molecular formula is C14H20N2O. The summed E-state index contributed by atoms with van der Waals surface area (Å²) in [6.07, 6.45) is 3.74. The Morgan fingerprint density at radius 1 is 1.35 bits per heavy atom. The van der Waals surface area contributed by atoms with Crippen molar-refractivity contribution in [3.8, 4) is 0 Å². The molecule has 17 heavy (non-hydrogen) atoms. The van der Waals surface area contributed by atoms with E-state index in [4.69, 9.17) is 0 Å². The highest BCUT2D eigenvalue weighted by Crippen LogP contribution is 2.34. The highest BCUT2D eigenvalue weighted by atomic mass is 16.1. The Morgan fingerprint density at radius 2 is 2.12 bits per heavy atom. The molecule has 0 aliphatic heterocycles. The Hall–Kier alpha value is -1.35. The first-order chi connectivity index (χ1) is 8.29. The Balaban J connectivity index is 1.65. The molecule has 2 rings (SSSR count). The molecule has 2 N–H and O–H groups in total. The van der Waals surface area contributed by atoms with E-state index in [9.17, 15) is 4.79 Å². The van der Waals surface area contributed by atoms with Crippen molar-refractivity contribution in [2.24, 2.45) is 5.92 Å². The number of hydrogen-bond donors (Lipinski definition) is 2. The fraction of sp³-hybridized carbons (Fsp3) is 0.500. The zero-order valence-electron chi connectivity index (χ0n) is 10.3. The van der Waals surface area contributed by atoms with Crippen molar-refractivity contribution in [3.63, 3.8) is 0 Å². The van der Waals surface area contributed by atoms with E-state index in [-0.39, 0.29) is 5.91 Å². The Morgan fingerprint density at radius 3 is 2.82 bits per heavy atom. The molecule has 3 nitrogen and oxygen atoms in total. The minimum atomic E-state index is 0.0401. The highest BCUT2D eigenvalue weighted by Gasteiger charge is 2.35. The van der Waals surface area contributed by atoms with E-state index in [1.807, 2.05) is 30.3 Å². The van der Waals surface area contributed by atoms with E-state index in [2.05, 4.69) is 17.6 Å². The lowest BCUT2D eigenvalue weighted by molar-refractivity contribution is -0.115. The van der Waals surface area contributed by atoms with E-state index >= 15 is 0 Å². The van der Waals surface area contributed by atoms with Crippen LogP contribution in [0, 0.1) is 5.92 Å². The van der Waals surface area contributed by atoms with Gasteiger partial charge in [-0.25, -0.2) is 0 Å². The van der Waals surface area contributed by atoms with Crippen LogP contribution in [0.3, 0.4) is 0 Å². The lowest BCUT2D eigenvalue weighted by atomic mass is 10.2. The van der Waals surface area contributed by atoms with Gasteiger partial charge in [-0.15, -0.1) is 0 Å². The number of nitrogens with one attached hydrogen (secondary N) is 2. The van der Waals surface area contributed by atoms with Crippen LogP contribution in [0.25, 0.3) is 0 Å². The fourth-order valence-corrected chi connectivity index (χ4v) is 2.14. The van der Waals surface area contributed by atoms with Crippen molar-refractivity contribution >= 4 is 11.6 Å². The molecule has 2 atom stereocenters. The molecule has 3 heteroatoms. The number of hydrogen-bond acceptors (Lipinski definition) is 2. The predicted molar refractivity (Wildman–Crippen MR) is 69.9 cm³/mol. The van der Waals surface area contributed by atoms with Crippen molar-refractivity contribution in [2.45, 2.75) is 32.2 Å². The molecule has 0 heterocycles. The summed E-state index contributed by atoms with van der Waals surface area (Å²) in [5, 5.41) is 6.17. The van der Waals surface area contributed by atoms with Crippen molar-refractivity contribution in [1.82, 2.24) is 5.32 Å². The lowest BCUT2D eigenvalue weighted by Crippen LogP contribution is -2.30. The summed E-state index contributed by atoms with van der Waals surface area (Å²) in [6.45, 7) is 2.62. The average molecular weight is 232 g/mol. The molecule has 0 aromatic heterocycles. The number of para-hydroxylation sites is 1. The quantitative estimate of drug-likeness (QED) is 0.790. The molecule has 0 bridgehead atoms. The molecule has 0 saturated heterocycles. The Bertz CT molecular complexity index is 364. The van der Waals surface area contributed by atoms with Gasteiger partial charge < -0.3 is 10.6 Å². The largest absolute Gasteiger partial charge is 0.325 e. The van der Waals surface area contributed by atoms with Gasteiger partial charge in [0.2, 0.25) is 5.91 Å². The molecule has 1 aromatic rings. The van der Waals surface area contributed by atoms with Crippen molar-refractivity contribution in [3.05, 3.63) is 30.3 Å². The molecule has 0 spiro atoms. The van der Waals surface area contributed by atoms with Crippen molar-refractivity contribution in [1.29, 1.82) is 0 Å². The van der Waals surface area contributed by atoms with Gasteiger partial charge in [0, 0.05) is 11.7 Å². The maximum Gasteiger partial charge on any atom is 0.238 e. The van der Waals surface area contributed by atoms with Crippen LogP contribution in [-0.2, 0) is 4.79 Å². The molecule has 1 aromatic carbocycles. The summed E-state index contributed by atoms with van der Waals surface area (Å²) >= 11 is 0. The van der Waals surface area contributed by atoms with Crippen LogP contribution >= 0.6 is 0 Å². The fourth-order valence-electron chi connectivity index (χ4n) is 2.14. The average Bonchev–Trinajstić information content (AvgIpc) is 3.07. The van der Waals surface area contributed by atoms with Crippen LogP contribution in [0.15, 0.2) is 30.3 Å². The molecule has 1 saturated carbocycles. The van der Waals surface area contributed by atoms with Gasteiger partial charge in [0.05, 0.1) is 6.54 Å². The van der Waals surface area contributed by atoms with Gasteiger partial charge in [-0.05, 0) is 30.9 Å². The lowest BCUT2D eigenvalue weighted by Gasteiger charge is -2.06. The standard InChI is InChI=1S/C14H20N2O/c1-2-6-11-9-13(11)15-10-14(17)16-12-7-4-3-5-8-12/h3-5,7-8,11,13,15H,2,6,9-10H2,1H3,(H,16,17). The number of rotatable bonds is 6. The van der Waals surface area contributed by atoms with E-state index in [0.29, 0.717) is 12.6 Å². The van der Waals surface area contributed by atoms with E-state index in [0.717, 1.165) is 11.6 Å². The van der Waals surface area contributed by atoms with Gasteiger partial charge in [-0.3, -0.25) is 4.79 Å². The van der Waals surface area contributed by atoms with Gasteiger partial charge in [-0.2, -0.15) is 0 Å². The van der Waals surface area contributed by atoms with Crippen molar-refractivity contribution in [2.75, 3.05) is 11.9 Å². The second-order valence-electron chi connectivity index (χ2n) is 4.69. The number of amides is 1. The van der Waals surface area contributed by atoms with E-state index in [1.165, 1.54) is 19.3 Å². The maximum atomic E-state index is 11.6. The zero-order chi connectivity index (χ0) is 12.1. The third-order valence-corrected chi connectivity index (χ3v) is 3.16. The molecule has 1 aliphatic carbocycles. The van der Waals surface area contributed by atoms with Crippen LogP contribution in [0.4, 0.5) is 5.69 Å². The second-order valence-corrected chi connectivity index (χ2v) is 4.69. The SMILES string of the molecule is CCCC1CC1NCC(=O)Nc1ccccc1. The van der Waals surface area contributed by atoms with Gasteiger partial charge in [0.25, 0.3) is 0 Å². The van der Waals surface area contributed by atoms with Crippen LogP contribution in [0.2, 0.25) is 0 Å². The smallest absolute Gasteiger partial charge is 0.238 e. The number of carbonyl (C=O) groups excluding carboxylic acids is 1. The van der Waals surface area contributed by atoms with Gasteiger partial charge in [0.1, 0.15) is 0 Å². The molecule has 1 aliphatic rings.